The van der Waals surface area contributed by atoms with Gasteiger partial charge in [0.05, 0.1) is 0 Å². The molecule has 11 heavy (non-hydrogen) atoms. The lowest BCUT2D eigenvalue weighted by molar-refractivity contribution is -0.00583. The quantitative estimate of drug-likeness (QED) is 0.611. The summed E-state index contributed by atoms with van der Waals surface area (Å²) < 4.78 is 9.40. The Morgan fingerprint density at radius 3 is 2.36 bits per heavy atom. The summed E-state index contributed by atoms with van der Waals surface area (Å²) in [7, 11) is 0. The van der Waals surface area contributed by atoms with Crippen molar-refractivity contribution < 1.29 is 14.3 Å². The summed E-state index contributed by atoms with van der Waals surface area (Å²) in [6.45, 7) is 5.85. The lowest BCUT2D eigenvalue weighted by Gasteiger charge is -2.18. The van der Waals surface area contributed by atoms with Crippen molar-refractivity contribution in [1.82, 2.24) is 0 Å². The number of rotatable bonds is 2. The van der Waals surface area contributed by atoms with E-state index in [1.165, 1.54) is 0 Å². The molecule has 0 saturated heterocycles. The van der Waals surface area contributed by atoms with Gasteiger partial charge in [-0.3, -0.25) is 0 Å². The molecule has 0 rings (SSSR count). The van der Waals surface area contributed by atoms with Crippen LogP contribution in [0.3, 0.4) is 0 Å². The maximum Gasteiger partial charge on any atom is 0.508 e. The highest BCUT2D eigenvalue weighted by Gasteiger charge is 2.16. The van der Waals surface area contributed by atoms with E-state index in [-0.39, 0.29) is 6.61 Å². The Kier molecular flexibility index (Phi) is 3.89. The third-order valence-electron chi connectivity index (χ3n) is 0.727. The molecule has 0 heterocycles. The van der Waals surface area contributed by atoms with E-state index in [2.05, 4.69) is 4.74 Å². The maximum absolute atomic E-state index is 10.7. The van der Waals surface area contributed by atoms with Crippen LogP contribution < -0.4 is 5.73 Å². The van der Waals surface area contributed by atoms with Gasteiger partial charge in [-0.1, -0.05) is 0 Å². The van der Waals surface area contributed by atoms with Crippen LogP contribution in [-0.2, 0) is 9.47 Å². The highest BCUT2D eigenvalue weighted by atomic mass is 16.7. The first-order chi connectivity index (χ1) is 4.95. The van der Waals surface area contributed by atoms with Crippen molar-refractivity contribution in [1.29, 1.82) is 0 Å². The largest absolute Gasteiger partial charge is 0.508 e. The summed E-state index contributed by atoms with van der Waals surface area (Å²) in [5.74, 6) is 0. The van der Waals surface area contributed by atoms with Crippen molar-refractivity contribution >= 4 is 6.16 Å². The van der Waals surface area contributed by atoms with Gasteiger partial charge in [-0.25, -0.2) is 4.79 Å². The Balaban J connectivity index is 3.53. The Bertz CT molecular complexity index is 128. The molecule has 4 nitrogen and oxygen atoms in total. The van der Waals surface area contributed by atoms with Crippen molar-refractivity contribution in [3.8, 4) is 0 Å². The zero-order valence-electron chi connectivity index (χ0n) is 7.22. The van der Waals surface area contributed by atoms with Crippen LogP contribution in [0.1, 0.15) is 20.8 Å². The van der Waals surface area contributed by atoms with Gasteiger partial charge >= 0.3 is 6.16 Å². The van der Waals surface area contributed by atoms with E-state index < -0.39 is 11.8 Å². The van der Waals surface area contributed by atoms with Crippen LogP contribution >= 0.6 is 0 Å². The molecule has 4 heteroatoms. The third-order valence-corrected chi connectivity index (χ3v) is 0.727. The van der Waals surface area contributed by atoms with Gasteiger partial charge in [-0.05, 0) is 20.8 Å². The van der Waals surface area contributed by atoms with Crippen molar-refractivity contribution in [3.63, 3.8) is 0 Å². The smallest absolute Gasteiger partial charge is 0.433 e. The predicted octanol–water partition coefficient (Wildman–Crippen LogP) is 0.897. The molecule has 2 N–H and O–H groups in total. The van der Waals surface area contributed by atoms with Gasteiger partial charge in [0.1, 0.15) is 12.2 Å². The molecule has 0 aromatic heterocycles. The number of hydrogen-bond donors (Lipinski definition) is 1. The Labute approximate surface area is 66.7 Å². The molecular weight excluding hydrogens is 146 g/mol. The number of carbonyl (C=O) groups excluding carboxylic acids is 1. The Hall–Kier alpha value is -0.770. The third kappa shape index (κ3) is 7.12. The fourth-order valence-electron chi connectivity index (χ4n) is 0.422. The van der Waals surface area contributed by atoms with E-state index in [0.29, 0.717) is 6.54 Å². The van der Waals surface area contributed by atoms with Crippen LogP contribution in [-0.4, -0.2) is 24.9 Å². The number of carbonyl (C=O) groups is 1. The molecule has 0 bridgehead atoms. The fourth-order valence-corrected chi connectivity index (χ4v) is 0.422. The Morgan fingerprint density at radius 2 is 2.00 bits per heavy atom. The lowest BCUT2D eigenvalue weighted by atomic mass is 10.2. The molecule has 0 radical (unpaired) electrons. The molecular formula is C7H15NO3. The van der Waals surface area contributed by atoms with Gasteiger partial charge in [0.15, 0.2) is 0 Å². The summed E-state index contributed by atoms with van der Waals surface area (Å²) in [5.41, 5.74) is 4.61. The second-order valence-electron chi connectivity index (χ2n) is 3.10. The molecule has 0 amide bonds. The van der Waals surface area contributed by atoms with Crippen molar-refractivity contribution in [2.45, 2.75) is 26.4 Å². The van der Waals surface area contributed by atoms with Gasteiger partial charge in [-0.2, -0.15) is 0 Å². The van der Waals surface area contributed by atoms with Gasteiger partial charge in [-0.15, -0.1) is 0 Å². The molecule has 0 aliphatic heterocycles. The summed E-state index contributed by atoms with van der Waals surface area (Å²) in [5, 5.41) is 0. The normalized spacial score (nSPS) is 10.9. The summed E-state index contributed by atoms with van der Waals surface area (Å²) in [6, 6.07) is 0. The second kappa shape index (κ2) is 4.18. The van der Waals surface area contributed by atoms with Crippen LogP contribution in [0.5, 0.6) is 0 Å². The van der Waals surface area contributed by atoms with Crippen LogP contribution in [0.15, 0.2) is 0 Å². The zero-order valence-corrected chi connectivity index (χ0v) is 7.22. The first-order valence-electron chi connectivity index (χ1n) is 3.51. The minimum atomic E-state index is -0.664. The maximum atomic E-state index is 10.7. The highest BCUT2D eigenvalue weighted by molar-refractivity contribution is 5.60. The molecule has 0 fully saturated rings. The fraction of sp³-hybridized carbons (Fsp3) is 0.857. The Morgan fingerprint density at radius 1 is 1.45 bits per heavy atom. The summed E-state index contributed by atoms with van der Waals surface area (Å²) >= 11 is 0. The summed E-state index contributed by atoms with van der Waals surface area (Å²) in [4.78, 5) is 10.7. The lowest BCUT2D eigenvalue weighted by Crippen LogP contribution is -2.25. The van der Waals surface area contributed by atoms with E-state index in [1.54, 1.807) is 20.8 Å². The van der Waals surface area contributed by atoms with Crippen LogP contribution in [0.2, 0.25) is 0 Å². The van der Waals surface area contributed by atoms with Crippen molar-refractivity contribution in [3.05, 3.63) is 0 Å². The zero-order chi connectivity index (χ0) is 8.91. The molecule has 0 saturated carbocycles. The van der Waals surface area contributed by atoms with Gasteiger partial charge in [0, 0.05) is 6.54 Å². The minimum Gasteiger partial charge on any atom is -0.433 e. The monoisotopic (exact) mass is 161 g/mol. The number of ether oxygens (including phenoxy) is 2. The molecule has 0 aromatic rings. The molecule has 0 unspecified atom stereocenters. The number of nitrogens with two attached hydrogens (primary N) is 1. The van der Waals surface area contributed by atoms with Crippen molar-refractivity contribution in [2.75, 3.05) is 13.2 Å². The van der Waals surface area contributed by atoms with Gasteiger partial charge < -0.3 is 15.2 Å². The van der Waals surface area contributed by atoms with Gasteiger partial charge in [0.25, 0.3) is 0 Å². The molecule has 0 aliphatic rings. The average Bonchev–Trinajstić information content (AvgIpc) is 1.79. The van der Waals surface area contributed by atoms with E-state index in [1.807, 2.05) is 0 Å². The molecule has 66 valence electrons. The molecule has 0 aliphatic carbocycles. The average molecular weight is 161 g/mol. The van der Waals surface area contributed by atoms with E-state index >= 15 is 0 Å². The first kappa shape index (κ1) is 10.2. The first-order valence-corrected chi connectivity index (χ1v) is 3.51. The molecule has 0 aromatic carbocycles. The van der Waals surface area contributed by atoms with Gasteiger partial charge in [0.2, 0.25) is 0 Å². The molecule has 0 spiro atoms. The standard InChI is InChI=1S/C7H15NO3/c1-7(2,3)11-6(9)10-5-4-8/h4-5,8H2,1-3H3. The SMILES string of the molecule is CC(C)(C)OC(=O)OCCN. The van der Waals surface area contributed by atoms with Crippen LogP contribution in [0.25, 0.3) is 0 Å². The van der Waals surface area contributed by atoms with E-state index in [0.717, 1.165) is 0 Å². The van der Waals surface area contributed by atoms with Crippen LogP contribution in [0.4, 0.5) is 4.79 Å². The minimum absolute atomic E-state index is 0.203. The predicted molar refractivity (Wildman–Crippen MR) is 41.2 cm³/mol. The summed E-state index contributed by atoms with van der Waals surface area (Å²) in [6.07, 6.45) is -0.664. The molecule has 0 atom stereocenters. The topological polar surface area (TPSA) is 61.5 Å². The van der Waals surface area contributed by atoms with Crippen molar-refractivity contribution in [2.24, 2.45) is 5.73 Å². The highest BCUT2D eigenvalue weighted by Crippen LogP contribution is 2.07. The van der Waals surface area contributed by atoms with Crippen LogP contribution in [0, 0.1) is 0 Å². The second-order valence-corrected chi connectivity index (χ2v) is 3.10. The van der Waals surface area contributed by atoms with E-state index in [4.69, 9.17) is 10.5 Å². The number of hydrogen-bond acceptors (Lipinski definition) is 4. The van der Waals surface area contributed by atoms with E-state index in [9.17, 15) is 4.79 Å².